The van der Waals surface area contributed by atoms with Crippen LogP contribution in [0.2, 0.25) is 0 Å². The van der Waals surface area contributed by atoms with Crippen molar-refractivity contribution in [2.24, 2.45) is 5.92 Å². The van der Waals surface area contributed by atoms with Crippen molar-refractivity contribution in [3.05, 3.63) is 29.8 Å². The summed E-state index contributed by atoms with van der Waals surface area (Å²) in [7, 11) is 1.71. The van der Waals surface area contributed by atoms with E-state index in [0.29, 0.717) is 25.9 Å². The van der Waals surface area contributed by atoms with E-state index in [2.05, 4.69) is 46.4 Å². The van der Waals surface area contributed by atoms with Crippen molar-refractivity contribution < 1.29 is 13.2 Å². The number of rotatable bonds is 6. The molecule has 1 amide bonds. The first kappa shape index (κ1) is 22.0. The molecule has 2 fully saturated rings. The fourth-order valence-electron chi connectivity index (χ4n) is 3.82. The number of piperidine rings is 1. The van der Waals surface area contributed by atoms with Crippen molar-refractivity contribution in [3.8, 4) is 0 Å². The van der Waals surface area contributed by atoms with Gasteiger partial charge >= 0.3 is 0 Å². The number of carbonyl (C=O) groups excluding carboxylic acids is 1. The average molecular weight is 424 g/mol. The van der Waals surface area contributed by atoms with Crippen LogP contribution in [0.1, 0.15) is 18.4 Å². The van der Waals surface area contributed by atoms with E-state index in [1.807, 2.05) is 0 Å². The Bertz CT molecular complexity index is 789. The molecule has 0 saturated carbocycles. The minimum absolute atomic E-state index is 0.0770. The van der Waals surface area contributed by atoms with E-state index >= 15 is 0 Å². The van der Waals surface area contributed by atoms with Gasteiger partial charge in [-0.2, -0.15) is 17.0 Å². The minimum atomic E-state index is -3.47. The summed E-state index contributed by atoms with van der Waals surface area (Å²) in [5.41, 5.74) is 2.26. The highest BCUT2D eigenvalue weighted by atomic mass is 32.2. The van der Waals surface area contributed by atoms with Crippen molar-refractivity contribution in [2.75, 3.05) is 65.3 Å². The number of anilines is 1. The number of hydrogen-bond acceptors (Lipinski definition) is 5. The zero-order valence-electron chi connectivity index (χ0n) is 17.7. The molecule has 2 heterocycles. The minimum Gasteiger partial charge on any atom is -0.369 e. The fraction of sp³-hybridized carbons (Fsp3) is 0.650. The molecule has 0 bridgehead atoms. The molecule has 1 N–H and O–H groups in total. The van der Waals surface area contributed by atoms with Crippen molar-refractivity contribution in [2.45, 2.75) is 19.4 Å². The third kappa shape index (κ3) is 5.48. The predicted octanol–water partition coefficient (Wildman–Crippen LogP) is 0.573. The van der Waals surface area contributed by atoms with E-state index in [1.165, 1.54) is 28.4 Å². The van der Waals surface area contributed by atoms with Gasteiger partial charge in [0.05, 0.1) is 5.92 Å². The molecule has 162 valence electrons. The maximum Gasteiger partial charge on any atom is 0.281 e. The lowest BCUT2D eigenvalue weighted by Crippen LogP contribution is -2.48. The summed E-state index contributed by atoms with van der Waals surface area (Å²) in [6.07, 6.45) is 1.42. The molecular formula is C20H33N5O3S. The largest absolute Gasteiger partial charge is 0.369 e. The van der Waals surface area contributed by atoms with E-state index in [0.717, 1.165) is 31.7 Å². The molecule has 1 aromatic carbocycles. The summed E-state index contributed by atoms with van der Waals surface area (Å²) in [6, 6.07) is 8.33. The van der Waals surface area contributed by atoms with Gasteiger partial charge in [0.15, 0.2) is 0 Å². The Morgan fingerprint density at radius 2 is 1.76 bits per heavy atom. The first-order chi connectivity index (χ1) is 13.8. The van der Waals surface area contributed by atoms with Gasteiger partial charge in [0.2, 0.25) is 5.91 Å². The highest BCUT2D eigenvalue weighted by Crippen LogP contribution is 2.21. The van der Waals surface area contributed by atoms with Crippen LogP contribution in [0.5, 0.6) is 0 Å². The van der Waals surface area contributed by atoms with Crippen molar-refractivity contribution in [1.29, 1.82) is 0 Å². The summed E-state index contributed by atoms with van der Waals surface area (Å²) in [5, 5.41) is 2.98. The Morgan fingerprint density at radius 1 is 1.10 bits per heavy atom. The lowest BCUT2D eigenvalue weighted by molar-refractivity contribution is -0.126. The summed E-state index contributed by atoms with van der Waals surface area (Å²) in [6.45, 7) is 5.37. The smallest absolute Gasteiger partial charge is 0.281 e. The highest BCUT2D eigenvalue weighted by Gasteiger charge is 2.33. The zero-order chi connectivity index (χ0) is 21.0. The van der Waals surface area contributed by atoms with Crippen molar-refractivity contribution in [1.82, 2.24) is 18.8 Å². The second-order valence-corrected chi connectivity index (χ2v) is 10.3. The summed E-state index contributed by atoms with van der Waals surface area (Å²) < 4.78 is 27.3. The van der Waals surface area contributed by atoms with E-state index in [9.17, 15) is 13.2 Å². The van der Waals surface area contributed by atoms with Gasteiger partial charge in [0.25, 0.3) is 10.2 Å². The number of piperazine rings is 1. The maximum absolute atomic E-state index is 12.6. The zero-order valence-corrected chi connectivity index (χ0v) is 18.5. The summed E-state index contributed by atoms with van der Waals surface area (Å²) in [4.78, 5) is 17.3. The number of likely N-dealkylation sites (N-methyl/N-ethyl adjacent to an activating group) is 1. The van der Waals surface area contributed by atoms with Crippen LogP contribution in [0.3, 0.4) is 0 Å². The third-order valence-electron chi connectivity index (χ3n) is 5.81. The van der Waals surface area contributed by atoms with Crippen molar-refractivity contribution >= 4 is 21.8 Å². The normalized spacial score (nSPS) is 22.1. The van der Waals surface area contributed by atoms with Crippen molar-refractivity contribution in [3.63, 3.8) is 0 Å². The van der Waals surface area contributed by atoms with Crippen LogP contribution < -0.4 is 10.2 Å². The van der Waals surface area contributed by atoms with E-state index in [4.69, 9.17) is 0 Å². The topological polar surface area (TPSA) is 76.2 Å². The molecular weight excluding hydrogens is 390 g/mol. The Kier molecular flexibility index (Phi) is 7.15. The van der Waals surface area contributed by atoms with E-state index in [-0.39, 0.29) is 18.4 Å². The molecule has 0 spiro atoms. The number of nitrogens with zero attached hydrogens (tertiary/aromatic N) is 4. The first-order valence-electron chi connectivity index (χ1n) is 10.2. The Hall–Kier alpha value is -1.68. The number of benzene rings is 1. The lowest BCUT2D eigenvalue weighted by Gasteiger charge is -2.34. The fourth-order valence-corrected chi connectivity index (χ4v) is 5.01. The number of carbonyl (C=O) groups is 1. The lowest BCUT2D eigenvalue weighted by atomic mass is 9.98. The van der Waals surface area contributed by atoms with Gasteiger partial charge in [-0.25, -0.2) is 0 Å². The van der Waals surface area contributed by atoms with Crippen LogP contribution >= 0.6 is 0 Å². The second kappa shape index (κ2) is 9.42. The Morgan fingerprint density at radius 3 is 2.38 bits per heavy atom. The molecule has 3 rings (SSSR count). The van der Waals surface area contributed by atoms with Gasteiger partial charge in [0.1, 0.15) is 0 Å². The van der Waals surface area contributed by atoms with Crippen LogP contribution in [0.4, 0.5) is 5.69 Å². The molecule has 0 radical (unpaired) electrons. The second-order valence-electron chi connectivity index (χ2n) is 8.16. The molecule has 0 aliphatic carbocycles. The first-order valence-corrected chi connectivity index (χ1v) is 11.6. The van der Waals surface area contributed by atoms with Gasteiger partial charge in [-0.1, -0.05) is 12.1 Å². The van der Waals surface area contributed by atoms with Crippen LogP contribution in [0.25, 0.3) is 0 Å². The Balaban J connectivity index is 1.51. The molecule has 9 heteroatoms. The standard InChI is InChI=1S/C20H33N5O3S/c1-22(2)29(27,28)25-10-4-5-18(16-25)20(26)21-15-17-6-8-19(9-7-17)24-13-11-23(3)12-14-24/h6-9,18H,4-5,10-16H2,1-3H3,(H,21,26). The molecule has 29 heavy (non-hydrogen) atoms. The van der Waals surface area contributed by atoms with Crippen LogP contribution in [-0.4, -0.2) is 88.2 Å². The maximum atomic E-state index is 12.6. The number of amides is 1. The molecule has 2 saturated heterocycles. The monoisotopic (exact) mass is 423 g/mol. The van der Waals surface area contributed by atoms with Crippen LogP contribution in [-0.2, 0) is 21.5 Å². The molecule has 2 aliphatic rings. The van der Waals surface area contributed by atoms with Gasteiger partial charge in [0, 0.05) is 65.6 Å². The van der Waals surface area contributed by atoms with Crippen LogP contribution in [0.15, 0.2) is 24.3 Å². The molecule has 1 atom stereocenters. The predicted molar refractivity (Wildman–Crippen MR) is 115 cm³/mol. The SMILES string of the molecule is CN1CCN(c2ccc(CNC(=O)C3CCCN(S(=O)(=O)N(C)C)C3)cc2)CC1. The molecule has 2 aliphatic heterocycles. The van der Waals surface area contributed by atoms with E-state index in [1.54, 1.807) is 0 Å². The average Bonchev–Trinajstić information content (AvgIpc) is 2.73. The quantitative estimate of drug-likeness (QED) is 0.724. The van der Waals surface area contributed by atoms with Gasteiger partial charge < -0.3 is 15.1 Å². The van der Waals surface area contributed by atoms with Gasteiger partial charge in [-0.05, 0) is 37.6 Å². The molecule has 1 aromatic rings. The number of hydrogen-bond donors (Lipinski definition) is 1. The number of nitrogens with one attached hydrogen (secondary N) is 1. The summed E-state index contributed by atoms with van der Waals surface area (Å²) >= 11 is 0. The van der Waals surface area contributed by atoms with Gasteiger partial charge in [-0.15, -0.1) is 0 Å². The van der Waals surface area contributed by atoms with Crippen LogP contribution in [0, 0.1) is 5.92 Å². The Labute approximate surface area is 174 Å². The highest BCUT2D eigenvalue weighted by molar-refractivity contribution is 7.86. The molecule has 0 aromatic heterocycles. The molecule has 1 unspecified atom stereocenters. The molecule has 8 nitrogen and oxygen atoms in total. The van der Waals surface area contributed by atoms with Gasteiger partial charge in [-0.3, -0.25) is 4.79 Å². The summed E-state index contributed by atoms with van der Waals surface area (Å²) in [5.74, 6) is -0.380. The van der Waals surface area contributed by atoms with E-state index < -0.39 is 10.2 Å². The third-order valence-corrected chi connectivity index (χ3v) is 7.72.